The fourth-order valence-electron chi connectivity index (χ4n) is 4.09. The number of ether oxygens (including phenoxy) is 1. The van der Waals surface area contributed by atoms with Gasteiger partial charge in [0.05, 0.1) is 4.88 Å². The zero-order chi connectivity index (χ0) is 21.1. The topological polar surface area (TPSA) is 98.1 Å². The molecule has 2 amide bonds. The van der Waals surface area contributed by atoms with E-state index in [1.54, 1.807) is 19.9 Å². The summed E-state index contributed by atoms with van der Waals surface area (Å²) in [6.07, 6.45) is 4.38. The molecular formula is C21H29N5O3S. The number of hydrogen-bond acceptors (Lipinski definition) is 6. The zero-order valence-corrected chi connectivity index (χ0v) is 18.3. The minimum atomic E-state index is -0.990. The second-order valence-corrected chi connectivity index (χ2v) is 9.51. The Kier molecular flexibility index (Phi) is 6.19. The molecule has 4 heterocycles. The minimum Gasteiger partial charge on any atom is -0.381 e. The van der Waals surface area contributed by atoms with Crippen molar-refractivity contribution in [2.24, 2.45) is 0 Å². The number of aromatic nitrogens is 3. The van der Waals surface area contributed by atoms with Crippen LogP contribution < -0.4 is 10.6 Å². The molecule has 2 aromatic rings. The normalized spacial score (nSPS) is 20.3. The Labute approximate surface area is 180 Å². The van der Waals surface area contributed by atoms with Crippen LogP contribution in [0.5, 0.6) is 0 Å². The number of rotatable bonds is 5. The molecule has 0 radical (unpaired) electrons. The van der Waals surface area contributed by atoms with Crippen molar-refractivity contribution in [1.82, 2.24) is 25.4 Å². The lowest BCUT2D eigenvalue weighted by Crippen LogP contribution is -2.56. The van der Waals surface area contributed by atoms with Crippen molar-refractivity contribution in [3.05, 3.63) is 34.0 Å². The molecule has 9 heteroatoms. The molecule has 0 saturated carbocycles. The van der Waals surface area contributed by atoms with E-state index < -0.39 is 5.54 Å². The SMILES string of the molecule is CC(C)(NC(=O)c1cccs1)C(=O)NC1CCc2nnc(C3CCOCC3)n2CC1. The molecule has 1 saturated heterocycles. The van der Waals surface area contributed by atoms with Gasteiger partial charge in [-0.25, -0.2) is 0 Å². The lowest BCUT2D eigenvalue weighted by Gasteiger charge is -2.28. The molecule has 0 spiro atoms. The maximum absolute atomic E-state index is 12.9. The molecule has 2 N–H and O–H groups in total. The largest absolute Gasteiger partial charge is 0.381 e. The lowest BCUT2D eigenvalue weighted by molar-refractivity contribution is -0.127. The highest BCUT2D eigenvalue weighted by molar-refractivity contribution is 7.12. The summed E-state index contributed by atoms with van der Waals surface area (Å²) < 4.78 is 7.72. The molecule has 2 aliphatic rings. The second-order valence-electron chi connectivity index (χ2n) is 8.57. The van der Waals surface area contributed by atoms with Crippen LogP contribution in [0.2, 0.25) is 0 Å². The number of fused-ring (bicyclic) bond motifs is 1. The number of hydrogen-bond donors (Lipinski definition) is 2. The number of nitrogens with one attached hydrogen (secondary N) is 2. The Morgan fingerprint density at radius 1 is 1.20 bits per heavy atom. The van der Waals surface area contributed by atoms with Crippen LogP contribution in [-0.4, -0.2) is 51.4 Å². The van der Waals surface area contributed by atoms with Gasteiger partial charge in [0.2, 0.25) is 5.91 Å². The predicted molar refractivity (Wildman–Crippen MR) is 114 cm³/mol. The van der Waals surface area contributed by atoms with Crippen LogP contribution in [0.25, 0.3) is 0 Å². The van der Waals surface area contributed by atoms with E-state index in [9.17, 15) is 9.59 Å². The van der Waals surface area contributed by atoms with Crippen LogP contribution in [0.4, 0.5) is 0 Å². The van der Waals surface area contributed by atoms with Crippen molar-refractivity contribution in [3.8, 4) is 0 Å². The lowest BCUT2D eigenvalue weighted by atomic mass is 9.99. The number of aryl methyl sites for hydroxylation is 1. The molecule has 8 nitrogen and oxygen atoms in total. The van der Waals surface area contributed by atoms with E-state index >= 15 is 0 Å². The van der Waals surface area contributed by atoms with Crippen LogP contribution in [0.1, 0.15) is 66.8 Å². The zero-order valence-electron chi connectivity index (χ0n) is 17.5. The highest BCUT2D eigenvalue weighted by Gasteiger charge is 2.33. The molecule has 2 aliphatic heterocycles. The van der Waals surface area contributed by atoms with E-state index in [0.29, 0.717) is 10.8 Å². The highest BCUT2D eigenvalue weighted by atomic mass is 32.1. The number of carbonyl (C=O) groups excluding carboxylic acids is 2. The molecule has 0 bridgehead atoms. The van der Waals surface area contributed by atoms with E-state index in [1.807, 2.05) is 11.4 Å². The molecule has 0 aromatic carbocycles. The Balaban J connectivity index is 1.36. The first-order chi connectivity index (χ1) is 14.4. The van der Waals surface area contributed by atoms with Gasteiger partial charge >= 0.3 is 0 Å². The van der Waals surface area contributed by atoms with Gasteiger partial charge in [-0.05, 0) is 51.0 Å². The van der Waals surface area contributed by atoms with Gasteiger partial charge in [0.15, 0.2) is 0 Å². The maximum Gasteiger partial charge on any atom is 0.262 e. The number of carbonyl (C=O) groups is 2. The summed E-state index contributed by atoms with van der Waals surface area (Å²) in [5, 5.41) is 16.7. The second kappa shape index (κ2) is 8.85. The fourth-order valence-corrected chi connectivity index (χ4v) is 4.71. The monoisotopic (exact) mass is 431 g/mol. The summed E-state index contributed by atoms with van der Waals surface area (Å²) in [6.45, 7) is 5.82. The molecule has 1 atom stereocenters. The van der Waals surface area contributed by atoms with Gasteiger partial charge < -0.3 is 19.9 Å². The summed E-state index contributed by atoms with van der Waals surface area (Å²) in [4.78, 5) is 25.9. The van der Waals surface area contributed by atoms with Crippen LogP contribution in [0.3, 0.4) is 0 Å². The maximum atomic E-state index is 12.9. The van der Waals surface area contributed by atoms with Gasteiger partial charge in [-0.2, -0.15) is 0 Å². The number of nitrogens with zero attached hydrogens (tertiary/aromatic N) is 3. The van der Waals surface area contributed by atoms with E-state index in [-0.39, 0.29) is 17.9 Å². The number of thiophene rings is 1. The average molecular weight is 432 g/mol. The number of amides is 2. The van der Waals surface area contributed by atoms with E-state index in [2.05, 4.69) is 25.4 Å². The van der Waals surface area contributed by atoms with Gasteiger partial charge in [0.1, 0.15) is 17.2 Å². The van der Waals surface area contributed by atoms with Gasteiger partial charge in [0.25, 0.3) is 5.91 Å². The summed E-state index contributed by atoms with van der Waals surface area (Å²) in [7, 11) is 0. The molecule has 162 valence electrons. The van der Waals surface area contributed by atoms with E-state index in [4.69, 9.17) is 4.74 Å². The van der Waals surface area contributed by atoms with Gasteiger partial charge in [-0.3, -0.25) is 9.59 Å². The van der Waals surface area contributed by atoms with Crippen LogP contribution in [-0.2, 0) is 22.5 Å². The molecular weight excluding hydrogens is 402 g/mol. The summed E-state index contributed by atoms with van der Waals surface area (Å²) in [5.41, 5.74) is -0.990. The Morgan fingerprint density at radius 3 is 2.73 bits per heavy atom. The van der Waals surface area contributed by atoms with Crippen molar-refractivity contribution in [1.29, 1.82) is 0 Å². The molecule has 30 heavy (non-hydrogen) atoms. The molecule has 2 aromatic heterocycles. The van der Waals surface area contributed by atoms with Crippen LogP contribution in [0, 0.1) is 0 Å². The predicted octanol–water partition coefficient (Wildman–Crippen LogP) is 2.26. The standard InChI is InChI=1S/C21H29N5O3S/c1-21(2,23-19(27)16-4-3-13-30-16)20(28)22-15-5-6-17-24-25-18(26(17)10-7-15)14-8-11-29-12-9-14/h3-4,13-15H,5-12H2,1-2H3,(H,22,28)(H,23,27). The van der Waals surface area contributed by atoms with Crippen molar-refractivity contribution in [2.75, 3.05) is 13.2 Å². The summed E-state index contributed by atoms with van der Waals surface area (Å²) in [6, 6.07) is 3.62. The third kappa shape index (κ3) is 4.57. The van der Waals surface area contributed by atoms with Crippen molar-refractivity contribution in [3.63, 3.8) is 0 Å². The third-order valence-corrected chi connectivity index (χ3v) is 6.80. The van der Waals surface area contributed by atoms with Gasteiger partial charge in [-0.1, -0.05) is 6.07 Å². The van der Waals surface area contributed by atoms with Crippen LogP contribution >= 0.6 is 11.3 Å². The first-order valence-corrected chi connectivity index (χ1v) is 11.5. The fraction of sp³-hybridized carbons (Fsp3) is 0.619. The van der Waals surface area contributed by atoms with Crippen LogP contribution in [0.15, 0.2) is 17.5 Å². The molecule has 4 rings (SSSR count). The van der Waals surface area contributed by atoms with E-state index in [1.165, 1.54) is 11.3 Å². The van der Waals surface area contributed by atoms with Gasteiger partial charge in [0, 0.05) is 38.1 Å². The molecule has 0 aliphatic carbocycles. The van der Waals surface area contributed by atoms with Gasteiger partial charge in [-0.15, -0.1) is 21.5 Å². The first-order valence-electron chi connectivity index (χ1n) is 10.6. The molecule has 1 fully saturated rings. The molecule has 1 unspecified atom stereocenters. The van der Waals surface area contributed by atoms with Crippen molar-refractivity contribution >= 4 is 23.2 Å². The Bertz CT molecular complexity index is 887. The first kappa shape index (κ1) is 21.0. The minimum absolute atomic E-state index is 0.0413. The quantitative estimate of drug-likeness (QED) is 0.757. The van der Waals surface area contributed by atoms with E-state index in [0.717, 1.165) is 63.5 Å². The third-order valence-electron chi connectivity index (χ3n) is 5.93. The van der Waals surface area contributed by atoms with Crippen molar-refractivity contribution in [2.45, 2.75) is 70.0 Å². The summed E-state index contributed by atoms with van der Waals surface area (Å²) >= 11 is 1.36. The average Bonchev–Trinajstić information content (AvgIpc) is 3.37. The summed E-state index contributed by atoms with van der Waals surface area (Å²) in [5.74, 6) is 2.07. The highest BCUT2D eigenvalue weighted by Crippen LogP contribution is 2.28. The van der Waals surface area contributed by atoms with Crippen molar-refractivity contribution < 1.29 is 14.3 Å². The Morgan fingerprint density at radius 2 is 2.00 bits per heavy atom. The smallest absolute Gasteiger partial charge is 0.262 e. The Hall–Kier alpha value is -2.26.